The molecule has 1 aromatic heterocycles. The Bertz CT molecular complexity index is 724. The Kier molecular flexibility index (Phi) is 8.46. The highest BCUT2D eigenvalue weighted by molar-refractivity contribution is 7.98. The number of nitrogens with two attached hydrogens (primary N) is 1. The average Bonchev–Trinajstić information content (AvgIpc) is 2.65. The molecule has 4 atom stereocenters. The number of thioether (sulfide) groups is 1. The molecule has 1 saturated heterocycles. The van der Waals surface area contributed by atoms with Crippen LogP contribution < -0.4 is 11.3 Å². The number of hydrogen-bond acceptors (Lipinski definition) is 4. The zero-order valence-corrected chi connectivity index (χ0v) is 18.8. The summed E-state index contributed by atoms with van der Waals surface area (Å²) in [6, 6.07) is 5.38. The number of hydrogen-bond donors (Lipinski definition) is 1. The van der Waals surface area contributed by atoms with Crippen molar-refractivity contribution in [3.63, 3.8) is 0 Å². The summed E-state index contributed by atoms with van der Waals surface area (Å²) in [4.78, 5) is 27.5. The minimum atomic E-state index is -0.414. The van der Waals surface area contributed by atoms with E-state index in [4.69, 9.17) is 5.73 Å². The van der Waals surface area contributed by atoms with Gasteiger partial charge in [-0.25, -0.2) is 0 Å². The smallest absolute Gasteiger partial charge is 0.250 e. The van der Waals surface area contributed by atoms with Crippen molar-refractivity contribution in [3.8, 4) is 0 Å². The molecule has 2 N–H and O–H groups in total. The van der Waals surface area contributed by atoms with Crippen LogP contribution >= 0.6 is 24.2 Å². The van der Waals surface area contributed by atoms with Gasteiger partial charge in [0.1, 0.15) is 0 Å². The quantitative estimate of drug-likeness (QED) is 0.725. The Labute approximate surface area is 178 Å². The summed E-state index contributed by atoms with van der Waals surface area (Å²) in [5.74, 6) is 2.17. The number of aromatic nitrogens is 1. The lowest BCUT2D eigenvalue weighted by Crippen LogP contribution is -2.54. The standard InChI is InChI=1S/C21H33N3O2S.ClH/c1-14(2)7-8-19-16-11-15(18-5-4-6-20(25)24(18)19)12-23(13-16)21(26)17(22)9-10-27-3;/h4-6,14-17,19H,7-13,22H2,1-3H3;1H/t15-,16+,17-,19+;/m1./s1. The average molecular weight is 428 g/mol. The number of halogens is 1. The van der Waals surface area contributed by atoms with Crippen molar-refractivity contribution in [1.82, 2.24) is 9.47 Å². The molecule has 0 aromatic carbocycles. The van der Waals surface area contributed by atoms with Crippen LogP contribution in [0.15, 0.2) is 23.0 Å². The van der Waals surface area contributed by atoms with E-state index in [2.05, 4.69) is 19.9 Å². The molecule has 28 heavy (non-hydrogen) atoms. The molecule has 2 aliphatic heterocycles. The lowest BCUT2D eigenvalue weighted by atomic mass is 9.76. The Morgan fingerprint density at radius 3 is 2.71 bits per heavy atom. The van der Waals surface area contributed by atoms with Crippen molar-refractivity contribution in [2.24, 2.45) is 17.6 Å². The van der Waals surface area contributed by atoms with E-state index < -0.39 is 6.04 Å². The van der Waals surface area contributed by atoms with Crippen LogP contribution in [0.2, 0.25) is 0 Å². The Morgan fingerprint density at radius 1 is 1.29 bits per heavy atom. The van der Waals surface area contributed by atoms with E-state index in [0.29, 0.717) is 18.4 Å². The zero-order chi connectivity index (χ0) is 19.6. The predicted molar refractivity (Wildman–Crippen MR) is 119 cm³/mol. The van der Waals surface area contributed by atoms with Crippen molar-refractivity contribution in [3.05, 3.63) is 34.2 Å². The minimum absolute atomic E-state index is 0. The third-order valence-corrected chi connectivity index (χ3v) is 6.74. The zero-order valence-electron chi connectivity index (χ0n) is 17.2. The normalized spacial score (nSPS) is 24.5. The van der Waals surface area contributed by atoms with Gasteiger partial charge in [-0.05, 0) is 55.6 Å². The minimum Gasteiger partial charge on any atom is -0.340 e. The molecule has 2 aliphatic rings. The van der Waals surface area contributed by atoms with Gasteiger partial charge in [0.25, 0.3) is 5.56 Å². The molecule has 158 valence electrons. The number of piperidine rings is 1. The van der Waals surface area contributed by atoms with E-state index in [9.17, 15) is 9.59 Å². The maximum absolute atomic E-state index is 12.9. The van der Waals surface area contributed by atoms with E-state index in [0.717, 1.165) is 43.7 Å². The monoisotopic (exact) mass is 427 g/mol. The second-order valence-electron chi connectivity index (χ2n) is 8.52. The SMILES string of the molecule is CSCC[C@@H](N)C(=O)N1C[C@H]2C[C@@H](C1)[C@H](CCC(C)C)n1c2cccc1=O.Cl. The third kappa shape index (κ3) is 4.95. The molecular weight excluding hydrogens is 394 g/mol. The molecule has 1 fully saturated rings. The van der Waals surface area contributed by atoms with E-state index in [1.165, 1.54) is 0 Å². The molecule has 1 amide bonds. The van der Waals surface area contributed by atoms with Crippen molar-refractivity contribution in [2.75, 3.05) is 25.1 Å². The summed E-state index contributed by atoms with van der Waals surface area (Å²) in [5.41, 5.74) is 7.38. The van der Waals surface area contributed by atoms with Crippen LogP contribution in [0.1, 0.15) is 57.2 Å². The molecule has 0 unspecified atom stereocenters. The van der Waals surface area contributed by atoms with Gasteiger partial charge in [0.05, 0.1) is 6.04 Å². The van der Waals surface area contributed by atoms with Crippen molar-refractivity contribution in [2.45, 2.75) is 57.5 Å². The van der Waals surface area contributed by atoms with Gasteiger partial charge in [0, 0.05) is 36.8 Å². The van der Waals surface area contributed by atoms with E-state index in [1.54, 1.807) is 17.8 Å². The maximum atomic E-state index is 12.9. The number of rotatable bonds is 7. The summed E-state index contributed by atoms with van der Waals surface area (Å²) >= 11 is 1.72. The number of fused-ring (bicyclic) bond motifs is 4. The van der Waals surface area contributed by atoms with Crippen molar-refractivity contribution >= 4 is 30.1 Å². The van der Waals surface area contributed by atoms with Gasteiger partial charge in [-0.2, -0.15) is 11.8 Å². The number of nitrogens with zero attached hydrogens (tertiary/aromatic N) is 2. The number of amides is 1. The highest BCUT2D eigenvalue weighted by Crippen LogP contribution is 2.43. The van der Waals surface area contributed by atoms with Gasteiger partial charge in [0.15, 0.2) is 0 Å². The molecule has 3 heterocycles. The molecule has 5 nitrogen and oxygen atoms in total. The third-order valence-electron chi connectivity index (χ3n) is 6.10. The number of pyridine rings is 1. The van der Waals surface area contributed by atoms with Crippen LogP contribution in [-0.4, -0.2) is 46.5 Å². The largest absolute Gasteiger partial charge is 0.340 e. The topological polar surface area (TPSA) is 68.3 Å². The summed E-state index contributed by atoms with van der Waals surface area (Å²) in [6.07, 6.45) is 5.91. The Hall–Kier alpha value is -0.980. The fraction of sp³-hybridized carbons (Fsp3) is 0.714. The second kappa shape index (κ2) is 10.2. The van der Waals surface area contributed by atoms with Crippen LogP contribution in [0.5, 0.6) is 0 Å². The van der Waals surface area contributed by atoms with Gasteiger partial charge < -0.3 is 15.2 Å². The number of likely N-dealkylation sites (tertiary alicyclic amines) is 1. The molecule has 2 bridgehead atoms. The highest BCUT2D eigenvalue weighted by atomic mass is 35.5. The van der Waals surface area contributed by atoms with Crippen molar-refractivity contribution in [1.29, 1.82) is 0 Å². The van der Waals surface area contributed by atoms with Crippen LogP contribution in [0.25, 0.3) is 0 Å². The molecular formula is C21H34ClN3O2S. The van der Waals surface area contributed by atoms with Crippen LogP contribution in [0.4, 0.5) is 0 Å². The summed E-state index contributed by atoms with van der Waals surface area (Å²) < 4.78 is 2.04. The van der Waals surface area contributed by atoms with E-state index in [-0.39, 0.29) is 35.8 Å². The molecule has 0 radical (unpaired) electrons. The fourth-order valence-electron chi connectivity index (χ4n) is 4.70. The second-order valence-corrected chi connectivity index (χ2v) is 9.51. The van der Waals surface area contributed by atoms with Gasteiger partial charge >= 0.3 is 0 Å². The van der Waals surface area contributed by atoms with Crippen molar-refractivity contribution < 1.29 is 4.79 Å². The molecule has 3 rings (SSSR count). The molecule has 7 heteroatoms. The van der Waals surface area contributed by atoms with Crippen LogP contribution in [-0.2, 0) is 4.79 Å². The first-order chi connectivity index (χ1) is 12.9. The van der Waals surface area contributed by atoms with E-state index >= 15 is 0 Å². The highest BCUT2D eigenvalue weighted by Gasteiger charge is 2.42. The summed E-state index contributed by atoms with van der Waals surface area (Å²) in [6.45, 7) is 5.86. The lowest BCUT2D eigenvalue weighted by molar-refractivity contribution is -0.135. The Balaban J connectivity index is 0.00000280. The number of carbonyl (C=O) groups excluding carboxylic acids is 1. The molecule has 1 aromatic rings. The summed E-state index contributed by atoms with van der Waals surface area (Å²) in [5, 5.41) is 0. The lowest BCUT2D eigenvalue weighted by Gasteiger charge is -2.47. The van der Waals surface area contributed by atoms with Gasteiger partial charge in [-0.15, -0.1) is 12.4 Å². The first-order valence-corrected chi connectivity index (χ1v) is 11.6. The molecule has 0 spiro atoms. The number of carbonyl (C=O) groups is 1. The maximum Gasteiger partial charge on any atom is 0.250 e. The van der Waals surface area contributed by atoms with Crippen LogP contribution in [0.3, 0.4) is 0 Å². The van der Waals surface area contributed by atoms with Gasteiger partial charge in [-0.3, -0.25) is 9.59 Å². The molecule has 0 saturated carbocycles. The van der Waals surface area contributed by atoms with E-state index in [1.807, 2.05) is 21.8 Å². The fourth-order valence-corrected chi connectivity index (χ4v) is 5.19. The van der Waals surface area contributed by atoms with Crippen LogP contribution in [0, 0.1) is 11.8 Å². The Morgan fingerprint density at radius 2 is 2.04 bits per heavy atom. The predicted octanol–water partition coefficient (Wildman–Crippen LogP) is 3.27. The first-order valence-electron chi connectivity index (χ1n) is 10.2. The van der Waals surface area contributed by atoms with Gasteiger partial charge in [-0.1, -0.05) is 19.9 Å². The molecule has 0 aliphatic carbocycles. The van der Waals surface area contributed by atoms with Gasteiger partial charge in [0.2, 0.25) is 5.91 Å². The summed E-state index contributed by atoms with van der Waals surface area (Å²) in [7, 11) is 0. The first kappa shape index (κ1) is 23.3.